The van der Waals surface area contributed by atoms with E-state index < -0.39 is 17.1 Å². The van der Waals surface area contributed by atoms with Crippen LogP contribution in [0.15, 0.2) is 47.4 Å². The molecule has 4 aromatic rings. The lowest BCUT2D eigenvalue weighted by molar-refractivity contribution is -0.162. The maximum absolute atomic E-state index is 12.8. The molecule has 2 aromatic heterocycles. The van der Waals surface area contributed by atoms with E-state index in [1.54, 1.807) is 0 Å². The number of aromatic nitrogens is 2. The molecule has 0 bridgehead atoms. The molecule has 2 aromatic carbocycles. The molecule has 0 radical (unpaired) electrons. The van der Waals surface area contributed by atoms with Gasteiger partial charge in [0.2, 0.25) is 5.56 Å². The largest absolute Gasteiger partial charge is 0.462 e. The molecular formula is C32H36N2O5. The molecule has 0 spiro atoms. The van der Waals surface area contributed by atoms with Crippen LogP contribution in [0.2, 0.25) is 0 Å². The van der Waals surface area contributed by atoms with Crippen molar-refractivity contribution in [2.75, 3.05) is 6.61 Å². The predicted octanol–water partition coefficient (Wildman–Crippen LogP) is 6.53. The molecule has 1 N–H and O–H groups in total. The van der Waals surface area contributed by atoms with Crippen LogP contribution in [0, 0.1) is 12.3 Å². The fourth-order valence-electron chi connectivity index (χ4n) is 5.26. The highest BCUT2D eigenvalue weighted by Gasteiger charge is 2.31. The minimum Gasteiger partial charge on any atom is -0.462 e. The Balaban J connectivity index is 1.81. The summed E-state index contributed by atoms with van der Waals surface area (Å²) in [7, 11) is 0. The van der Waals surface area contributed by atoms with E-state index >= 15 is 0 Å². The van der Waals surface area contributed by atoms with Crippen molar-refractivity contribution in [1.82, 2.24) is 9.97 Å². The number of aromatic amines is 1. The summed E-state index contributed by atoms with van der Waals surface area (Å²) in [5, 5.41) is 1.97. The Hall–Kier alpha value is -3.55. The number of hydrogen-bond acceptors (Lipinski definition) is 6. The summed E-state index contributed by atoms with van der Waals surface area (Å²) in [6.07, 6.45) is 1.25. The number of nitrogens with zero attached hydrogens (tertiary/aromatic N) is 1. The van der Waals surface area contributed by atoms with Crippen LogP contribution in [0.5, 0.6) is 0 Å². The fourth-order valence-corrected chi connectivity index (χ4v) is 5.26. The van der Waals surface area contributed by atoms with E-state index in [2.05, 4.69) is 17.1 Å². The van der Waals surface area contributed by atoms with Crippen LogP contribution in [0.3, 0.4) is 0 Å². The normalized spacial score (nSPS) is 14.5. The number of fused-ring (bicyclic) bond motifs is 1. The van der Waals surface area contributed by atoms with Crippen LogP contribution in [-0.4, -0.2) is 28.1 Å². The lowest BCUT2D eigenvalue weighted by Gasteiger charge is -2.31. The van der Waals surface area contributed by atoms with E-state index in [4.69, 9.17) is 19.2 Å². The first-order chi connectivity index (χ1) is 18.3. The predicted molar refractivity (Wildman–Crippen MR) is 153 cm³/mol. The maximum Gasteiger partial charge on any atom is 0.311 e. The molecule has 0 amide bonds. The first kappa shape index (κ1) is 27.0. The van der Waals surface area contributed by atoms with Crippen molar-refractivity contribution >= 4 is 27.8 Å². The van der Waals surface area contributed by atoms with Crippen LogP contribution in [0.1, 0.15) is 69.9 Å². The van der Waals surface area contributed by atoms with Gasteiger partial charge in [-0.1, -0.05) is 12.1 Å². The Kier molecular flexibility index (Phi) is 6.85. The van der Waals surface area contributed by atoms with Gasteiger partial charge in [-0.2, -0.15) is 0 Å². The highest BCUT2D eigenvalue weighted by Crippen LogP contribution is 2.43. The van der Waals surface area contributed by atoms with Crippen LogP contribution >= 0.6 is 0 Å². The number of ether oxygens (including phenoxy) is 3. The number of H-pyrrole nitrogens is 1. The van der Waals surface area contributed by atoms with Crippen molar-refractivity contribution in [3.8, 4) is 11.1 Å². The number of benzene rings is 2. The Bertz CT molecular complexity index is 1630. The number of aryl methyl sites for hydroxylation is 1. The number of carbonyl (C=O) groups is 1. The lowest BCUT2D eigenvalue weighted by atomic mass is 9.86. The topological polar surface area (TPSA) is 90.5 Å². The van der Waals surface area contributed by atoms with E-state index in [-0.39, 0.29) is 18.1 Å². The molecule has 1 atom stereocenters. The third-order valence-electron chi connectivity index (χ3n) is 6.92. The first-order valence-electron chi connectivity index (χ1n) is 13.3. The van der Waals surface area contributed by atoms with Gasteiger partial charge in [-0.3, -0.25) is 14.6 Å². The zero-order chi connectivity index (χ0) is 28.1. The van der Waals surface area contributed by atoms with Crippen LogP contribution in [-0.2, 0) is 32.2 Å². The van der Waals surface area contributed by atoms with Crippen molar-refractivity contribution in [3.05, 3.63) is 75.2 Å². The summed E-state index contributed by atoms with van der Waals surface area (Å²) in [4.78, 5) is 32.9. The van der Waals surface area contributed by atoms with Crippen LogP contribution < -0.4 is 5.56 Å². The standard InChI is InChI=1S/C32H36N2O5/c1-18-14-23-21(10-11-25(35)34-23)28(22-9-8-19-15-37-16-20-12-13-33-29(22)27(19)20)26(18)24(39-32(5,6)7)17-38-30(36)31(2,3)4/h8-14,24H,15-17H2,1-7H3,(H,34,35)/t24-/m1/s1. The maximum atomic E-state index is 12.8. The van der Waals surface area contributed by atoms with Crippen molar-refractivity contribution in [3.63, 3.8) is 0 Å². The van der Waals surface area contributed by atoms with Gasteiger partial charge < -0.3 is 19.2 Å². The Morgan fingerprint density at radius 3 is 2.46 bits per heavy atom. The second kappa shape index (κ2) is 9.88. The van der Waals surface area contributed by atoms with Gasteiger partial charge in [0.25, 0.3) is 0 Å². The molecule has 0 unspecified atom stereocenters. The molecule has 5 rings (SSSR count). The summed E-state index contributed by atoms with van der Waals surface area (Å²) < 4.78 is 18.2. The zero-order valence-corrected chi connectivity index (χ0v) is 23.7. The van der Waals surface area contributed by atoms with Crippen LogP contribution in [0.4, 0.5) is 0 Å². The lowest BCUT2D eigenvalue weighted by Crippen LogP contribution is -2.30. The summed E-state index contributed by atoms with van der Waals surface area (Å²) in [5.41, 5.74) is 6.11. The molecule has 7 heteroatoms. The fraction of sp³-hybridized carbons (Fsp3) is 0.406. The average Bonchev–Trinajstić information content (AvgIpc) is 2.85. The molecule has 1 aliphatic heterocycles. The summed E-state index contributed by atoms with van der Waals surface area (Å²) >= 11 is 0. The van der Waals surface area contributed by atoms with Gasteiger partial charge in [-0.15, -0.1) is 0 Å². The number of hydrogen-bond donors (Lipinski definition) is 1. The third-order valence-corrected chi connectivity index (χ3v) is 6.92. The van der Waals surface area contributed by atoms with Gasteiger partial charge in [-0.25, -0.2) is 0 Å². The Morgan fingerprint density at radius 2 is 1.77 bits per heavy atom. The van der Waals surface area contributed by atoms with Crippen molar-refractivity contribution in [1.29, 1.82) is 0 Å². The third kappa shape index (κ3) is 5.34. The molecule has 7 nitrogen and oxygen atoms in total. The number of pyridine rings is 2. The molecule has 39 heavy (non-hydrogen) atoms. The van der Waals surface area contributed by atoms with E-state index in [9.17, 15) is 9.59 Å². The number of esters is 1. The quantitative estimate of drug-likeness (QED) is 0.296. The molecule has 1 aliphatic rings. The smallest absolute Gasteiger partial charge is 0.311 e. The molecule has 0 aliphatic carbocycles. The van der Waals surface area contributed by atoms with Crippen LogP contribution in [0.25, 0.3) is 32.9 Å². The highest BCUT2D eigenvalue weighted by atomic mass is 16.6. The van der Waals surface area contributed by atoms with Gasteiger partial charge in [0, 0.05) is 34.1 Å². The van der Waals surface area contributed by atoms with Gasteiger partial charge in [0.1, 0.15) is 12.7 Å². The number of carbonyl (C=O) groups excluding carboxylic acids is 1. The minimum atomic E-state index is -0.644. The summed E-state index contributed by atoms with van der Waals surface area (Å²) in [6, 6.07) is 11.5. The summed E-state index contributed by atoms with van der Waals surface area (Å²) in [5.74, 6) is -0.294. The van der Waals surface area contributed by atoms with E-state index in [0.717, 1.165) is 55.2 Å². The Labute approximate surface area is 228 Å². The number of nitrogens with one attached hydrogen (secondary N) is 1. The van der Waals surface area contributed by atoms with Crippen molar-refractivity contribution in [2.24, 2.45) is 5.41 Å². The molecule has 3 heterocycles. The zero-order valence-electron chi connectivity index (χ0n) is 23.7. The van der Waals surface area contributed by atoms with Crippen molar-refractivity contribution < 1.29 is 19.0 Å². The van der Waals surface area contributed by atoms with Gasteiger partial charge >= 0.3 is 5.97 Å². The van der Waals surface area contributed by atoms with Gasteiger partial charge in [0.05, 0.1) is 29.7 Å². The Morgan fingerprint density at radius 1 is 1.05 bits per heavy atom. The van der Waals surface area contributed by atoms with Crippen molar-refractivity contribution in [2.45, 2.75) is 73.4 Å². The highest BCUT2D eigenvalue weighted by molar-refractivity contribution is 6.06. The van der Waals surface area contributed by atoms with Gasteiger partial charge in [0.15, 0.2) is 0 Å². The van der Waals surface area contributed by atoms with E-state index in [1.165, 1.54) is 6.07 Å². The summed E-state index contributed by atoms with van der Waals surface area (Å²) in [6.45, 7) is 14.6. The van der Waals surface area contributed by atoms with Gasteiger partial charge in [-0.05, 0) is 94.5 Å². The SMILES string of the molecule is Cc1cc2[nH]c(=O)ccc2c(-c2ccc3c4c(ccnc24)COC3)c1[C@@H](COC(=O)C(C)(C)C)OC(C)(C)C. The monoisotopic (exact) mass is 528 g/mol. The first-order valence-corrected chi connectivity index (χ1v) is 13.3. The average molecular weight is 529 g/mol. The second-order valence-electron chi connectivity index (χ2n) is 12.3. The van der Waals surface area contributed by atoms with E-state index in [0.29, 0.717) is 13.2 Å². The molecule has 0 fully saturated rings. The molecular weight excluding hydrogens is 492 g/mol. The molecule has 0 saturated carbocycles. The molecule has 204 valence electrons. The molecule has 0 saturated heterocycles. The van der Waals surface area contributed by atoms with E-state index in [1.807, 2.05) is 72.9 Å². The number of rotatable bonds is 5. The second-order valence-corrected chi connectivity index (χ2v) is 12.3. The minimum absolute atomic E-state index is 0.0542.